The second-order valence-corrected chi connectivity index (χ2v) is 1.06. The van der Waals surface area contributed by atoms with Gasteiger partial charge in [-0.2, -0.15) is 20.5 Å². The van der Waals surface area contributed by atoms with Gasteiger partial charge in [-0.15, -0.1) is 0 Å². The number of hydrogen-bond acceptors (Lipinski definition) is 4. The summed E-state index contributed by atoms with van der Waals surface area (Å²) in [6.07, 6.45) is 5.86. The third-order valence-electron chi connectivity index (χ3n) is 0.533. The van der Waals surface area contributed by atoms with Crippen molar-refractivity contribution in [1.82, 2.24) is 0 Å². The molecule has 1 heterocycles. The summed E-state index contributed by atoms with van der Waals surface area (Å²) < 4.78 is 0. The van der Waals surface area contributed by atoms with E-state index < -0.39 is 0 Å². The Morgan fingerprint density at radius 3 is 1.00 bits per heavy atom. The van der Waals surface area contributed by atoms with E-state index in [-0.39, 0.29) is 0 Å². The Morgan fingerprint density at radius 1 is 0.500 bits per heavy atom. The van der Waals surface area contributed by atoms with Crippen molar-refractivity contribution in [2.45, 2.75) is 0 Å². The minimum Gasteiger partial charge on any atom is -0.157 e. The predicted octanol–water partition coefficient (Wildman–Crippen LogP) is 1.85. The molecule has 0 atom stereocenters. The van der Waals surface area contributed by atoms with Crippen LogP contribution >= 0.6 is 0 Å². The van der Waals surface area contributed by atoms with Crippen LogP contribution in [-0.2, 0) is 0 Å². The molecule has 0 saturated carbocycles. The van der Waals surface area contributed by atoms with Crippen LogP contribution in [0.1, 0.15) is 0 Å². The summed E-state index contributed by atoms with van der Waals surface area (Å²) in [6.45, 7) is 0. The third kappa shape index (κ3) is 1.42. The molecule has 0 unspecified atom stereocenters. The lowest BCUT2D eigenvalue weighted by atomic mass is 10.9. The molecule has 0 bridgehead atoms. The molecular formula is C4H4N4. The second kappa shape index (κ2) is 2.79. The Bertz CT molecular complexity index is 109. The summed E-state index contributed by atoms with van der Waals surface area (Å²) in [6, 6.07) is 0. The van der Waals surface area contributed by atoms with Crippen LogP contribution in [-0.4, -0.2) is 0 Å². The largest absolute Gasteiger partial charge is 0.157 e. The average Bonchev–Trinajstić information content (AvgIpc) is 1.62. The van der Waals surface area contributed by atoms with Crippen LogP contribution < -0.4 is 0 Å². The fraction of sp³-hybridized carbons (Fsp3) is 0. The molecule has 1 aliphatic heterocycles. The molecule has 0 fully saturated rings. The van der Waals surface area contributed by atoms with E-state index in [2.05, 4.69) is 20.5 Å². The molecule has 0 aliphatic carbocycles. The molecule has 0 amide bonds. The molecule has 0 aromatic heterocycles. The summed E-state index contributed by atoms with van der Waals surface area (Å²) in [5.74, 6) is 0. The molecule has 1 aliphatic rings. The minimum absolute atomic E-state index is 1.47. The van der Waals surface area contributed by atoms with Crippen molar-refractivity contribution >= 4 is 0 Å². The molecule has 0 spiro atoms. The molecule has 4 heteroatoms. The zero-order valence-corrected chi connectivity index (χ0v) is 4.10. The van der Waals surface area contributed by atoms with E-state index in [9.17, 15) is 0 Å². The summed E-state index contributed by atoms with van der Waals surface area (Å²) in [5, 5.41) is 14.1. The van der Waals surface area contributed by atoms with Crippen molar-refractivity contribution in [1.29, 1.82) is 0 Å². The van der Waals surface area contributed by atoms with Gasteiger partial charge in [-0.25, -0.2) is 0 Å². The number of hydrogen-bond donors (Lipinski definition) is 0. The zero-order valence-electron chi connectivity index (χ0n) is 4.10. The van der Waals surface area contributed by atoms with Gasteiger partial charge in [0.05, 0.1) is 24.8 Å². The standard InChI is InChI=1S/C4H4N4/c1-2-6-8-4-3-7-5-1/h1-4H/b2-1-,4-3-,5-1?,6-2?,7-3?,7-5-,8-4?,8-6-. The maximum absolute atomic E-state index is 3.53. The van der Waals surface area contributed by atoms with Crippen LogP contribution in [0.4, 0.5) is 0 Å². The maximum atomic E-state index is 3.53. The minimum atomic E-state index is 1.47. The summed E-state index contributed by atoms with van der Waals surface area (Å²) in [4.78, 5) is 0. The molecular weight excluding hydrogens is 104 g/mol. The first kappa shape index (κ1) is 4.83. The van der Waals surface area contributed by atoms with E-state index in [4.69, 9.17) is 0 Å². The Labute approximate surface area is 46.3 Å². The van der Waals surface area contributed by atoms with Crippen LogP contribution in [0.25, 0.3) is 0 Å². The molecule has 0 N–H and O–H groups in total. The molecule has 40 valence electrons. The van der Waals surface area contributed by atoms with Gasteiger partial charge in [0.25, 0.3) is 0 Å². The van der Waals surface area contributed by atoms with Crippen molar-refractivity contribution in [2.75, 3.05) is 0 Å². The van der Waals surface area contributed by atoms with Crippen molar-refractivity contribution in [2.24, 2.45) is 20.5 Å². The predicted molar refractivity (Wildman–Crippen MR) is 28.0 cm³/mol. The Hall–Kier alpha value is -1.32. The van der Waals surface area contributed by atoms with Crippen LogP contribution in [0.5, 0.6) is 0 Å². The van der Waals surface area contributed by atoms with Gasteiger partial charge in [0.15, 0.2) is 0 Å². The molecule has 1 rings (SSSR count). The highest BCUT2D eigenvalue weighted by Crippen LogP contribution is 1.88. The number of nitrogens with zero attached hydrogens (tertiary/aromatic N) is 4. The van der Waals surface area contributed by atoms with E-state index >= 15 is 0 Å². The van der Waals surface area contributed by atoms with Crippen LogP contribution in [0, 0.1) is 0 Å². The van der Waals surface area contributed by atoms with Gasteiger partial charge in [0, 0.05) is 0 Å². The summed E-state index contributed by atoms with van der Waals surface area (Å²) in [7, 11) is 0. The van der Waals surface area contributed by atoms with Gasteiger partial charge >= 0.3 is 0 Å². The summed E-state index contributed by atoms with van der Waals surface area (Å²) in [5.41, 5.74) is 0. The summed E-state index contributed by atoms with van der Waals surface area (Å²) >= 11 is 0. The highest BCUT2D eigenvalue weighted by Gasteiger charge is 1.67. The lowest BCUT2D eigenvalue weighted by Crippen LogP contribution is -1.54. The smallest absolute Gasteiger partial charge is 0.0697 e. The molecule has 0 saturated heterocycles. The lowest BCUT2D eigenvalue weighted by molar-refractivity contribution is 1.13. The molecule has 0 radical (unpaired) electrons. The molecule has 8 heavy (non-hydrogen) atoms. The van der Waals surface area contributed by atoms with E-state index in [1.165, 1.54) is 24.8 Å². The normalized spacial score (nSPS) is 32.0. The highest BCUT2D eigenvalue weighted by molar-refractivity contribution is 4.82. The number of azo groups is 2. The van der Waals surface area contributed by atoms with Crippen LogP contribution in [0.15, 0.2) is 45.3 Å². The monoisotopic (exact) mass is 108 g/mol. The van der Waals surface area contributed by atoms with Gasteiger partial charge in [-0.3, -0.25) is 0 Å². The first-order valence-electron chi connectivity index (χ1n) is 2.10. The van der Waals surface area contributed by atoms with Gasteiger partial charge in [-0.05, 0) is 0 Å². The fourth-order valence-electron chi connectivity index (χ4n) is 0.273. The first-order chi connectivity index (χ1) is 4.00. The Balaban J connectivity index is 2.67. The zero-order chi connectivity index (χ0) is 5.66. The van der Waals surface area contributed by atoms with Gasteiger partial charge in [0.2, 0.25) is 0 Å². The molecule has 0 aromatic carbocycles. The second-order valence-electron chi connectivity index (χ2n) is 1.06. The fourth-order valence-corrected chi connectivity index (χ4v) is 0.273. The third-order valence-corrected chi connectivity index (χ3v) is 0.533. The first-order valence-corrected chi connectivity index (χ1v) is 2.10. The van der Waals surface area contributed by atoms with Crippen molar-refractivity contribution in [3.05, 3.63) is 24.8 Å². The van der Waals surface area contributed by atoms with Crippen molar-refractivity contribution in [3.63, 3.8) is 0 Å². The van der Waals surface area contributed by atoms with E-state index in [1.807, 2.05) is 0 Å². The topological polar surface area (TPSA) is 49.4 Å². The maximum Gasteiger partial charge on any atom is 0.0697 e. The van der Waals surface area contributed by atoms with E-state index in [1.54, 1.807) is 0 Å². The Kier molecular flexibility index (Phi) is 1.68. The van der Waals surface area contributed by atoms with Gasteiger partial charge in [-0.1, -0.05) is 0 Å². The van der Waals surface area contributed by atoms with Gasteiger partial charge < -0.3 is 0 Å². The molecule has 0 aromatic rings. The highest BCUT2D eigenvalue weighted by atomic mass is 15.1. The van der Waals surface area contributed by atoms with Crippen LogP contribution in [0.3, 0.4) is 0 Å². The SMILES string of the molecule is C1=C\N=N/C=C\N=N/1. The lowest BCUT2D eigenvalue weighted by Gasteiger charge is -1.76. The quantitative estimate of drug-likeness (QED) is 0.454. The van der Waals surface area contributed by atoms with E-state index in [0.29, 0.717) is 0 Å². The number of rotatable bonds is 0. The van der Waals surface area contributed by atoms with E-state index in [0.717, 1.165) is 0 Å². The van der Waals surface area contributed by atoms with Gasteiger partial charge in [0.1, 0.15) is 0 Å². The van der Waals surface area contributed by atoms with Crippen LogP contribution in [0.2, 0.25) is 0 Å². The molecule has 4 nitrogen and oxygen atoms in total. The van der Waals surface area contributed by atoms with Crippen molar-refractivity contribution in [3.8, 4) is 0 Å². The van der Waals surface area contributed by atoms with Crippen molar-refractivity contribution < 1.29 is 0 Å². The Morgan fingerprint density at radius 2 is 0.750 bits per heavy atom. The average molecular weight is 108 g/mol.